The zero-order valence-electron chi connectivity index (χ0n) is 17.2. The quantitative estimate of drug-likeness (QED) is 0.644. The average molecular weight is 416 g/mol. The maximum Gasteiger partial charge on any atom is 0.339 e. The van der Waals surface area contributed by atoms with Crippen LogP contribution in [0.25, 0.3) is 10.8 Å². The predicted octanol–water partition coefficient (Wildman–Crippen LogP) is 3.57. The van der Waals surface area contributed by atoms with E-state index < -0.39 is 5.97 Å². The van der Waals surface area contributed by atoms with Gasteiger partial charge in [0, 0.05) is 24.5 Å². The van der Waals surface area contributed by atoms with Crippen LogP contribution in [0.15, 0.2) is 54.6 Å². The summed E-state index contributed by atoms with van der Waals surface area (Å²) < 4.78 is 10.7. The monoisotopic (exact) mass is 416 g/mol. The molecule has 1 aliphatic heterocycles. The van der Waals surface area contributed by atoms with Crippen molar-refractivity contribution in [1.82, 2.24) is 0 Å². The van der Waals surface area contributed by atoms with Crippen molar-refractivity contribution in [2.24, 2.45) is 0 Å². The maximum atomic E-state index is 12.7. The van der Waals surface area contributed by atoms with E-state index in [9.17, 15) is 9.59 Å². The Balaban J connectivity index is 1.20. The molecular formula is C25H24N2O4. The number of morpholine rings is 1. The number of hydrogen-bond donors (Lipinski definition) is 1. The molecule has 3 aromatic rings. The minimum absolute atomic E-state index is 0.326. The fraction of sp³-hybridized carbons (Fsp3) is 0.280. The molecule has 0 radical (unpaired) electrons. The normalized spacial score (nSPS) is 15.2. The number of carbonyl (C=O) groups is 2. The zero-order chi connectivity index (χ0) is 21.2. The number of rotatable bonds is 5. The van der Waals surface area contributed by atoms with Crippen molar-refractivity contribution >= 4 is 34.0 Å². The Morgan fingerprint density at radius 3 is 2.45 bits per heavy atom. The van der Waals surface area contributed by atoms with E-state index in [0.29, 0.717) is 11.3 Å². The van der Waals surface area contributed by atoms with E-state index in [0.717, 1.165) is 55.6 Å². The summed E-state index contributed by atoms with van der Waals surface area (Å²) in [5.41, 5.74) is 4.80. The van der Waals surface area contributed by atoms with Gasteiger partial charge in [-0.1, -0.05) is 24.3 Å². The first-order chi connectivity index (χ1) is 15.2. The Bertz CT molecular complexity index is 1120. The third-order valence-corrected chi connectivity index (χ3v) is 5.96. The summed E-state index contributed by atoms with van der Waals surface area (Å²) in [7, 11) is 0. The molecule has 1 amide bonds. The fourth-order valence-electron chi connectivity index (χ4n) is 4.41. The lowest BCUT2D eigenvalue weighted by Gasteiger charge is -2.28. The van der Waals surface area contributed by atoms with Crippen LogP contribution in [0.2, 0.25) is 0 Å². The van der Waals surface area contributed by atoms with Crippen LogP contribution in [0.4, 0.5) is 11.4 Å². The summed E-state index contributed by atoms with van der Waals surface area (Å²) in [6.07, 6.45) is 2.00. The molecule has 6 heteroatoms. The van der Waals surface area contributed by atoms with Gasteiger partial charge in [0.15, 0.2) is 6.61 Å². The number of amides is 1. The van der Waals surface area contributed by atoms with Crippen LogP contribution >= 0.6 is 0 Å². The lowest BCUT2D eigenvalue weighted by atomic mass is 10.00. The number of nitrogens with zero attached hydrogens (tertiary/aromatic N) is 1. The molecular weight excluding hydrogens is 392 g/mol. The second kappa shape index (κ2) is 8.40. The van der Waals surface area contributed by atoms with Gasteiger partial charge < -0.3 is 19.7 Å². The number of carbonyl (C=O) groups excluding carboxylic acids is 2. The lowest BCUT2D eigenvalue weighted by Crippen LogP contribution is -2.36. The van der Waals surface area contributed by atoms with Crippen molar-refractivity contribution in [2.45, 2.75) is 12.8 Å². The second-order valence-corrected chi connectivity index (χ2v) is 7.88. The summed E-state index contributed by atoms with van der Waals surface area (Å²) in [6, 6.07) is 17.5. The molecule has 0 unspecified atom stereocenters. The molecule has 6 nitrogen and oxygen atoms in total. The molecule has 0 saturated carbocycles. The maximum absolute atomic E-state index is 12.7. The first kappa shape index (κ1) is 19.6. The highest BCUT2D eigenvalue weighted by molar-refractivity contribution is 6.07. The number of anilines is 2. The highest BCUT2D eigenvalue weighted by Gasteiger charge is 2.20. The van der Waals surface area contributed by atoms with Crippen molar-refractivity contribution in [1.29, 1.82) is 0 Å². The molecule has 0 aromatic heterocycles. The first-order valence-electron chi connectivity index (χ1n) is 10.6. The zero-order valence-corrected chi connectivity index (χ0v) is 17.2. The first-order valence-corrected chi connectivity index (χ1v) is 10.6. The molecule has 1 saturated heterocycles. The smallest absolute Gasteiger partial charge is 0.339 e. The summed E-state index contributed by atoms with van der Waals surface area (Å²) in [4.78, 5) is 27.2. The standard InChI is InChI=1S/C25H24N2O4/c28-23(26-19-7-9-20(10-8-19)27-12-14-30-15-13-27)16-31-25(29)22-11-6-18-5-4-17-2-1-3-21(22)24(17)18/h1-3,6-11H,4-5,12-16H2,(H,26,28). The van der Waals surface area contributed by atoms with Crippen LogP contribution in [-0.2, 0) is 27.1 Å². The van der Waals surface area contributed by atoms with Crippen LogP contribution in [0.5, 0.6) is 0 Å². The Kier molecular flexibility index (Phi) is 5.30. The lowest BCUT2D eigenvalue weighted by molar-refractivity contribution is -0.119. The van der Waals surface area contributed by atoms with Gasteiger partial charge in [-0.05, 0) is 65.1 Å². The van der Waals surface area contributed by atoms with Gasteiger partial charge in [0.2, 0.25) is 0 Å². The Labute approximate surface area is 180 Å². The van der Waals surface area contributed by atoms with Gasteiger partial charge in [0.05, 0.1) is 18.8 Å². The summed E-state index contributed by atoms with van der Waals surface area (Å²) in [5.74, 6) is -0.841. The third-order valence-electron chi connectivity index (χ3n) is 5.96. The van der Waals surface area contributed by atoms with Crippen LogP contribution in [-0.4, -0.2) is 44.8 Å². The summed E-state index contributed by atoms with van der Waals surface area (Å²) >= 11 is 0. The molecule has 1 aliphatic carbocycles. The second-order valence-electron chi connectivity index (χ2n) is 7.88. The van der Waals surface area contributed by atoms with Crippen molar-refractivity contribution < 1.29 is 19.1 Å². The number of benzene rings is 3. The number of aryl methyl sites for hydroxylation is 2. The molecule has 1 N–H and O–H groups in total. The molecule has 0 atom stereocenters. The van der Waals surface area contributed by atoms with E-state index in [-0.39, 0.29) is 12.5 Å². The average Bonchev–Trinajstić information content (AvgIpc) is 3.24. The third kappa shape index (κ3) is 3.99. The number of hydrogen-bond acceptors (Lipinski definition) is 5. The van der Waals surface area contributed by atoms with E-state index in [2.05, 4.69) is 16.3 Å². The summed E-state index contributed by atoms with van der Waals surface area (Å²) in [6.45, 7) is 2.84. The highest BCUT2D eigenvalue weighted by Crippen LogP contribution is 2.33. The SMILES string of the molecule is O=C(COC(=O)c1ccc2c3c(cccc13)CC2)Nc1ccc(N2CCOCC2)cc1. The van der Waals surface area contributed by atoms with Gasteiger partial charge in [-0.3, -0.25) is 4.79 Å². The molecule has 5 rings (SSSR count). The Morgan fingerprint density at radius 1 is 0.935 bits per heavy atom. The topological polar surface area (TPSA) is 67.9 Å². The molecule has 2 aliphatic rings. The molecule has 1 fully saturated rings. The van der Waals surface area contributed by atoms with Crippen LogP contribution in [0.3, 0.4) is 0 Å². The fourth-order valence-corrected chi connectivity index (χ4v) is 4.41. The van der Waals surface area contributed by atoms with Crippen LogP contribution in [0.1, 0.15) is 21.5 Å². The van der Waals surface area contributed by atoms with Crippen molar-refractivity contribution in [3.05, 3.63) is 71.3 Å². The minimum Gasteiger partial charge on any atom is -0.452 e. The van der Waals surface area contributed by atoms with E-state index in [1.165, 1.54) is 11.1 Å². The molecule has 0 bridgehead atoms. The van der Waals surface area contributed by atoms with Crippen molar-refractivity contribution in [3.63, 3.8) is 0 Å². The van der Waals surface area contributed by atoms with E-state index in [4.69, 9.17) is 9.47 Å². The Hall–Kier alpha value is -3.38. The van der Waals surface area contributed by atoms with E-state index in [1.807, 2.05) is 42.5 Å². The predicted molar refractivity (Wildman–Crippen MR) is 120 cm³/mol. The van der Waals surface area contributed by atoms with Gasteiger partial charge in [-0.15, -0.1) is 0 Å². The van der Waals surface area contributed by atoms with Crippen molar-refractivity contribution in [3.8, 4) is 0 Å². The molecule has 1 heterocycles. The number of ether oxygens (including phenoxy) is 2. The minimum atomic E-state index is -0.478. The van der Waals surface area contributed by atoms with Gasteiger partial charge in [-0.25, -0.2) is 4.79 Å². The van der Waals surface area contributed by atoms with Crippen molar-refractivity contribution in [2.75, 3.05) is 43.1 Å². The van der Waals surface area contributed by atoms with Gasteiger partial charge in [-0.2, -0.15) is 0 Å². The van der Waals surface area contributed by atoms with E-state index >= 15 is 0 Å². The van der Waals surface area contributed by atoms with Crippen LogP contribution in [0, 0.1) is 0 Å². The van der Waals surface area contributed by atoms with Crippen LogP contribution < -0.4 is 10.2 Å². The van der Waals surface area contributed by atoms with Gasteiger partial charge in [0.25, 0.3) is 5.91 Å². The highest BCUT2D eigenvalue weighted by atomic mass is 16.5. The number of esters is 1. The van der Waals surface area contributed by atoms with Gasteiger partial charge >= 0.3 is 5.97 Å². The molecule has 0 spiro atoms. The summed E-state index contributed by atoms with van der Waals surface area (Å²) in [5, 5.41) is 4.84. The largest absolute Gasteiger partial charge is 0.452 e. The molecule has 31 heavy (non-hydrogen) atoms. The number of nitrogens with one attached hydrogen (secondary N) is 1. The Morgan fingerprint density at radius 2 is 1.68 bits per heavy atom. The molecule has 3 aromatic carbocycles. The van der Waals surface area contributed by atoms with E-state index in [1.54, 1.807) is 6.07 Å². The molecule has 158 valence electrons. The van der Waals surface area contributed by atoms with Gasteiger partial charge in [0.1, 0.15) is 0 Å².